The molecule has 0 saturated heterocycles. The lowest BCUT2D eigenvalue weighted by Crippen LogP contribution is -2.21. The summed E-state index contributed by atoms with van der Waals surface area (Å²) in [6, 6.07) is 17.3. The standard InChI is InChI=1S/C22H32N2/c1-5-18(6-2)12-10-17-22(24(3)4)21-16-11-15-20(23-21)19-13-8-7-9-14-19/h7-9,11,13-16,18,22H,5-6,10,12,17H2,1-4H3. The van der Waals surface area contributed by atoms with E-state index in [-0.39, 0.29) is 0 Å². The van der Waals surface area contributed by atoms with Crippen molar-refractivity contribution in [2.45, 2.75) is 52.0 Å². The van der Waals surface area contributed by atoms with E-state index in [1.807, 2.05) is 6.07 Å². The predicted octanol–water partition coefficient (Wildman–Crippen LogP) is 5.96. The Morgan fingerprint density at radius 3 is 2.21 bits per heavy atom. The molecule has 0 saturated carbocycles. The smallest absolute Gasteiger partial charge is 0.0706 e. The Labute approximate surface area is 147 Å². The first-order chi connectivity index (χ1) is 11.7. The van der Waals surface area contributed by atoms with E-state index in [1.54, 1.807) is 0 Å². The van der Waals surface area contributed by atoms with Crippen molar-refractivity contribution in [1.29, 1.82) is 0 Å². The van der Waals surface area contributed by atoms with Gasteiger partial charge in [-0.25, -0.2) is 0 Å². The van der Waals surface area contributed by atoms with Gasteiger partial charge in [0.1, 0.15) is 0 Å². The third-order valence-electron chi connectivity index (χ3n) is 5.05. The molecule has 0 fully saturated rings. The Morgan fingerprint density at radius 1 is 0.875 bits per heavy atom. The highest BCUT2D eigenvalue weighted by atomic mass is 15.1. The molecule has 1 atom stereocenters. The summed E-state index contributed by atoms with van der Waals surface area (Å²) >= 11 is 0. The lowest BCUT2D eigenvalue weighted by molar-refractivity contribution is 0.264. The predicted molar refractivity (Wildman–Crippen MR) is 104 cm³/mol. The van der Waals surface area contributed by atoms with Crippen molar-refractivity contribution in [3.05, 3.63) is 54.2 Å². The van der Waals surface area contributed by atoms with E-state index in [2.05, 4.69) is 75.3 Å². The maximum Gasteiger partial charge on any atom is 0.0706 e. The van der Waals surface area contributed by atoms with Gasteiger partial charge < -0.3 is 4.90 Å². The van der Waals surface area contributed by atoms with E-state index in [0.29, 0.717) is 6.04 Å². The third-order valence-corrected chi connectivity index (χ3v) is 5.05. The van der Waals surface area contributed by atoms with Gasteiger partial charge in [0.15, 0.2) is 0 Å². The number of hydrogen-bond donors (Lipinski definition) is 0. The molecule has 0 spiro atoms. The molecule has 2 nitrogen and oxygen atoms in total. The second-order valence-electron chi connectivity index (χ2n) is 6.91. The van der Waals surface area contributed by atoms with Crippen LogP contribution in [-0.4, -0.2) is 24.0 Å². The highest BCUT2D eigenvalue weighted by molar-refractivity contribution is 5.58. The monoisotopic (exact) mass is 324 g/mol. The first-order valence-corrected chi connectivity index (χ1v) is 9.34. The van der Waals surface area contributed by atoms with Crippen LogP contribution >= 0.6 is 0 Å². The summed E-state index contributed by atoms with van der Waals surface area (Å²) in [5.41, 5.74) is 3.44. The molecule has 0 bridgehead atoms. The minimum atomic E-state index is 0.392. The van der Waals surface area contributed by atoms with E-state index >= 15 is 0 Å². The van der Waals surface area contributed by atoms with Crippen molar-refractivity contribution >= 4 is 0 Å². The number of rotatable bonds is 9. The molecule has 0 aliphatic heterocycles. The fourth-order valence-electron chi connectivity index (χ4n) is 3.37. The van der Waals surface area contributed by atoms with Crippen LogP contribution in [0.5, 0.6) is 0 Å². The lowest BCUT2D eigenvalue weighted by atomic mass is 9.94. The molecule has 24 heavy (non-hydrogen) atoms. The maximum atomic E-state index is 4.96. The van der Waals surface area contributed by atoms with Crippen LogP contribution in [0, 0.1) is 5.92 Å². The van der Waals surface area contributed by atoms with Crippen LogP contribution in [0.3, 0.4) is 0 Å². The zero-order chi connectivity index (χ0) is 17.4. The molecular formula is C22H32N2. The second kappa shape index (κ2) is 9.58. The van der Waals surface area contributed by atoms with Gasteiger partial charge in [-0.15, -0.1) is 0 Å². The van der Waals surface area contributed by atoms with Crippen LogP contribution in [0.4, 0.5) is 0 Å². The molecule has 0 aliphatic rings. The molecule has 1 unspecified atom stereocenters. The molecule has 0 radical (unpaired) electrons. The minimum Gasteiger partial charge on any atom is -0.301 e. The van der Waals surface area contributed by atoms with Crippen LogP contribution in [0.25, 0.3) is 11.3 Å². The largest absolute Gasteiger partial charge is 0.301 e. The number of benzene rings is 1. The fourth-order valence-corrected chi connectivity index (χ4v) is 3.37. The van der Waals surface area contributed by atoms with Crippen LogP contribution < -0.4 is 0 Å². The average Bonchev–Trinajstić information content (AvgIpc) is 2.62. The average molecular weight is 325 g/mol. The Hall–Kier alpha value is -1.67. The highest BCUT2D eigenvalue weighted by Gasteiger charge is 2.16. The molecule has 0 aliphatic carbocycles. The molecule has 1 heterocycles. The van der Waals surface area contributed by atoms with E-state index in [4.69, 9.17) is 4.98 Å². The van der Waals surface area contributed by atoms with Crippen LogP contribution in [0.1, 0.15) is 57.7 Å². The summed E-state index contributed by atoms with van der Waals surface area (Å²) < 4.78 is 0. The zero-order valence-corrected chi connectivity index (χ0v) is 15.7. The SMILES string of the molecule is CCC(CC)CCCC(c1cccc(-c2ccccc2)n1)N(C)C. The lowest BCUT2D eigenvalue weighted by Gasteiger charge is -2.25. The van der Waals surface area contributed by atoms with Crippen LogP contribution in [-0.2, 0) is 0 Å². The van der Waals surface area contributed by atoms with Gasteiger partial charge in [0.05, 0.1) is 17.4 Å². The highest BCUT2D eigenvalue weighted by Crippen LogP contribution is 2.27. The van der Waals surface area contributed by atoms with Crippen molar-refractivity contribution in [3.63, 3.8) is 0 Å². The quantitative estimate of drug-likeness (QED) is 0.566. The Bertz CT molecular complexity index is 588. The molecule has 0 N–H and O–H groups in total. The summed E-state index contributed by atoms with van der Waals surface area (Å²) in [6.45, 7) is 4.62. The normalized spacial score (nSPS) is 12.8. The van der Waals surface area contributed by atoms with Gasteiger partial charge >= 0.3 is 0 Å². The van der Waals surface area contributed by atoms with Gasteiger partial charge in [-0.1, -0.05) is 75.9 Å². The van der Waals surface area contributed by atoms with Crippen molar-refractivity contribution in [3.8, 4) is 11.3 Å². The van der Waals surface area contributed by atoms with Crippen LogP contribution in [0.2, 0.25) is 0 Å². The summed E-state index contributed by atoms with van der Waals surface area (Å²) in [7, 11) is 4.33. The van der Waals surface area contributed by atoms with Gasteiger partial charge in [0, 0.05) is 5.56 Å². The van der Waals surface area contributed by atoms with Crippen LogP contribution in [0.15, 0.2) is 48.5 Å². The molecule has 1 aromatic heterocycles. The molecule has 0 amide bonds. The Morgan fingerprint density at radius 2 is 1.58 bits per heavy atom. The summed E-state index contributed by atoms with van der Waals surface area (Å²) in [6.07, 6.45) is 6.37. The molecule has 1 aromatic carbocycles. The van der Waals surface area contributed by atoms with E-state index in [0.717, 1.165) is 11.6 Å². The topological polar surface area (TPSA) is 16.1 Å². The first-order valence-electron chi connectivity index (χ1n) is 9.34. The molecule has 130 valence electrons. The van der Waals surface area contributed by atoms with Crippen molar-refractivity contribution < 1.29 is 0 Å². The van der Waals surface area contributed by atoms with Gasteiger partial charge in [0.25, 0.3) is 0 Å². The number of nitrogens with zero attached hydrogens (tertiary/aromatic N) is 2. The first kappa shape index (κ1) is 18.7. The number of aromatic nitrogens is 1. The molecule has 2 aromatic rings. The van der Waals surface area contributed by atoms with E-state index in [1.165, 1.54) is 43.4 Å². The van der Waals surface area contributed by atoms with E-state index in [9.17, 15) is 0 Å². The number of pyridine rings is 1. The summed E-state index contributed by atoms with van der Waals surface area (Å²) in [5, 5.41) is 0. The van der Waals surface area contributed by atoms with Gasteiger partial charge in [-0.2, -0.15) is 0 Å². The molecule has 2 heteroatoms. The minimum absolute atomic E-state index is 0.392. The van der Waals surface area contributed by atoms with Gasteiger partial charge in [0.2, 0.25) is 0 Å². The van der Waals surface area contributed by atoms with Gasteiger partial charge in [-0.3, -0.25) is 4.98 Å². The Kier molecular flexibility index (Phi) is 7.45. The van der Waals surface area contributed by atoms with Crippen molar-refractivity contribution in [1.82, 2.24) is 9.88 Å². The van der Waals surface area contributed by atoms with E-state index < -0.39 is 0 Å². The summed E-state index contributed by atoms with van der Waals surface area (Å²) in [4.78, 5) is 7.27. The Balaban J connectivity index is 2.10. The molecule has 2 rings (SSSR count). The fraction of sp³-hybridized carbons (Fsp3) is 0.500. The van der Waals surface area contributed by atoms with Crippen molar-refractivity contribution in [2.75, 3.05) is 14.1 Å². The van der Waals surface area contributed by atoms with Gasteiger partial charge in [-0.05, 0) is 38.6 Å². The number of hydrogen-bond acceptors (Lipinski definition) is 2. The maximum absolute atomic E-state index is 4.96. The van der Waals surface area contributed by atoms with Crippen molar-refractivity contribution in [2.24, 2.45) is 5.92 Å². The zero-order valence-electron chi connectivity index (χ0n) is 15.7. The third kappa shape index (κ3) is 5.17. The summed E-state index contributed by atoms with van der Waals surface area (Å²) in [5.74, 6) is 0.872. The second-order valence-corrected chi connectivity index (χ2v) is 6.91. The molecular weight excluding hydrogens is 292 g/mol.